The Kier molecular flexibility index (Phi) is 1.19. The highest BCUT2D eigenvalue weighted by molar-refractivity contribution is 8.15. The van der Waals surface area contributed by atoms with E-state index in [1.165, 1.54) is 10.6 Å². The molecular formula is C7H7NS+. The number of hydrogen-bond donors (Lipinski definition) is 0. The molecule has 2 heteroatoms. The van der Waals surface area contributed by atoms with Crippen molar-refractivity contribution in [2.75, 3.05) is 0 Å². The van der Waals surface area contributed by atoms with Crippen molar-refractivity contribution >= 4 is 17.3 Å². The highest BCUT2D eigenvalue weighted by atomic mass is 32.2. The van der Waals surface area contributed by atoms with Crippen LogP contribution in [0.2, 0.25) is 0 Å². The Hall–Kier alpha value is -0.500. The van der Waals surface area contributed by atoms with Gasteiger partial charge in [0.1, 0.15) is 0 Å². The summed E-state index contributed by atoms with van der Waals surface area (Å²) in [6.45, 7) is 0. The van der Waals surface area contributed by atoms with Gasteiger partial charge in [-0.05, 0) is 24.3 Å². The van der Waals surface area contributed by atoms with Crippen LogP contribution in [-0.4, -0.2) is 5.55 Å². The first-order chi connectivity index (χ1) is 4.47. The third kappa shape index (κ3) is 0.833. The van der Waals surface area contributed by atoms with E-state index >= 15 is 0 Å². The fourth-order valence-electron chi connectivity index (χ4n) is 1.01. The van der Waals surface area contributed by atoms with Crippen LogP contribution in [0.25, 0.3) is 0 Å². The zero-order valence-corrected chi connectivity index (χ0v) is 5.82. The van der Waals surface area contributed by atoms with Crippen molar-refractivity contribution in [1.29, 1.82) is 0 Å². The van der Waals surface area contributed by atoms with Crippen molar-refractivity contribution in [3.05, 3.63) is 22.8 Å². The van der Waals surface area contributed by atoms with Crippen molar-refractivity contribution < 1.29 is 0 Å². The van der Waals surface area contributed by atoms with Crippen LogP contribution in [0.3, 0.4) is 0 Å². The molecule has 0 N–H and O–H groups in total. The van der Waals surface area contributed by atoms with Gasteiger partial charge in [0, 0.05) is 6.42 Å². The Bertz CT molecular complexity index is 213. The van der Waals surface area contributed by atoms with Crippen LogP contribution in [0.15, 0.2) is 22.8 Å². The minimum absolute atomic E-state index is 1.13. The van der Waals surface area contributed by atoms with Gasteiger partial charge in [0.05, 0.1) is 9.90 Å². The van der Waals surface area contributed by atoms with Gasteiger partial charge in [0.2, 0.25) is 0 Å². The first-order valence-corrected chi connectivity index (χ1v) is 3.94. The molecule has 0 bridgehead atoms. The summed E-state index contributed by atoms with van der Waals surface area (Å²) in [6, 6.07) is 0. The van der Waals surface area contributed by atoms with Crippen molar-refractivity contribution in [3.63, 3.8) is 0 Å². The topological polar surface area (TPSA) is 14.1 Å². The lowest BCUT2D eigenvalue weighted by Crippen LogP contribution is -1.91. The third-order valence-electron chi connectivity index (χ3n) is 1.49. The van der Waals surface area contributed by atoms with Gasteiger partial charge in [-0.25, -0.2) is 0 Å². The summed E-state index contributed by atoms with van der Waals surface area (Å²) in [5.41, 5.74) is 3.20. The largest absolute Gasteiger partial charge is 0.281 e. The average Bonchev–Trinajstić information content (AvgIpc) is 2.33. The number of nitrogens with zero attached hydrogens (tertiary/aromatic N) is 1. The molecule has 9 heavy (non-hydrogen) atoms. The van der Waals surface area contributed by atoms with Gasteiger partial charge < -0.3 is 0 Å². The monoisotopic (exact) mass is 137 g/mol. The second-order valence-corrected chi connectivity index (χ2v) is 2.99. The standard InChI is InChI=1S/C7H7NS/c1-2-4-7-6(3-1)8-5-9-7/h2,4-5H,1,3H2/q+1. The Morgan fingerprint density at radius 1 is 1.56 bits per heavy atom. The Morgan fingerprint density at radius 3 is 3.44 bits per heavy atom. The minimum Gasteiger partial charge on any atom is -0.0826 e. The Balaban J connectivity index is 2.35. The molecule has 0 atom stereocenters. The maximum atomic E-state index is 4.22. The fraction of sp³-hybridized carbons (Fsp3) is 0.286. The molecule has 0 aromatic heterocycles. The summed E-state index contributed by atoms with van der Waals surface area (Å²) >= 11 is 1.73. The molecule has 0 aromatic rings. The van der Waals surface area contributed by atoms with Gasteiger partial charge >= 0.3 is 0 Å². The lowest BCUT2D eigenvalue weighted by molar-refractivity contribution is 0.914. The van der Waals surface area contributed by atoms with Crippen LogP contribution in [-0.2, 0) is 0 Å². The second-order valence-electron chi connectivity index (χ2n) is 2.10. The molecule has 2 rings (SSSR count). The molecule has 1 aliphatic heterocycles. The minimum atomic E-state index is 1.13. The molecule has 1 heterocycles. The Labute approximate surface area is 58.6 Å². The van der Waals surface area contributed by atoms with E-state index in [1.807, 2.05) is 5.55 Å². The van der Waals surface area contributed by atoms with Gasteiger partial charge in [-0.1, -0.05) is 6.08 Å². The van der Waals surface area contributed by atoms with Gasteiger partial charge in [-0.15, -0.1) is 0 Å². The lowest BCUT2D eigenvalue weighted by Gasteiger charge is -1.94. The number of hydrogen-bond acceptors (Lipinski definition) is 2. The molecule has 0 aromatic carbocycles. The summed E-state index contributed by atoms with van der Waals surface area (Å²) in [5, 5.41) is 0. The summed E-state index contributed by atoms with van der Waals surface area (Å²) < 4.78 is 0. The molecule has 0 unspecified atom stereocenters. The molecule has 45 valence electrons. The van der Waals surface area contributed by atoms with E-state index < -0.39 is 0 Å². The SMILES string of the molecule is C1=CC2=C(CC1)[N+]=CS2. The molecule has 1 radical (unpaired) electrons. The van der Waals surface area contributed by atoms with Crippen molar-refractivity contribution in [2.45, 2.75) is 12.8 Å². The first-order valence-electron chi connectivity index (χ1n) is 3.06. The van der Waals surface area contributed by atoms with E-state index in [-0.39, 0.29) is 0 Å². The van der Waals surface area contributed by atoms with Crippen molar-refractivity contribution in [3.8, 4) is 0 Å². The smallest absolute Gasteiger partial charge is 0.0826 e. The van der Waals surface area contributed by atoms with Gasteiger partial charge in [0.25, 0.3) is 11.2 Å². The normalized spacial score (nSPS) is 23.1. The summed E-state index contributed by atoms with van der Waals surface area (Å²) in [7, 11) is 0. The molecule has 1 aliphatic carbocycles. The number of rotatable bonds is 0. The number of allylic oxidation sites excluding steroid dienone is 3. The van der Waals surface area contributed by atoms with E-state index in [0.717, 1.165) is 12.8 Å². The fourth-order valence-corrected chi connectivity index (χ4v) is 1.77. The van der Waals surface area contributed by atoms with Gasteiger partial charge in [0.15, 0.2) is 0 Å². The van der Waals surface area contributed by atoms with Crippen LogP contribution in [0.4, 0.5) is 0 Å². The maximum Gasteiger partial charge on any atom is 0.281 e. The molecule has 0 amide bonds. The zero-order valence-electron chi connectivity index (χ0n) is 5.00. The molecule has 2 aliphatic rings. The number of aliphatic imine (C=N–C) groups is 1. The van der Waals surface area contributed by atoms with E-state index in [4.69, 9.17) is 0 Å². The first kappa shape index (κ1) is 5.30. The predicted octanol–water partition coefficient (Wildman–Crippen LogP) is 1.66. The maximum absolute atomic E-state index is 4.22. The van der Waals surface area contributed by atoms with Gasteiger partial charge in [-0.2, -0.15) is 0 Å². The van der Waals surface area contributed by atoms with Crippen LogP contribution in [0, 0.1) is 0 Å². The van der Waals surface area contributed by atoms with E-state index in [1.54, 1.807) is 11.8 Å². The third-order valence-corrected chi connectivity index (χ3v) is 2.33. The molecule has 0 saturated heterocycles. The van der Waals surface area contributed by atoms with E-state index in [9.17, 15) is 0 Å². The lowest BCUT2D eigenvalue weighted by atomic mass is 10.1. The Morgan fingerprint density at radius 2 is 2.56 bits per heavy atom. The van der Waals surface area contributed by atoms with Crippen molar-refractivity contribution in [2.24, 2.45) is 0 Å². The second kappa shape index (κ2) is 2.03. The quantitative estimate of drug-likeness (QED) is 0.495. The van der Waals surface area contributed by atoms with E-state index in [2.05, 4.69) is 17.1 Å². The summed E-state index contributed by atoms with van der Waals surface area (Å²) in [4.78, 5) is 5.57. The predicted molar refractivity (Wildman–Crippen MR) is 41.2 cm³/mol. The summed E-state index contributed by atoms with van der Waals surface area (Å²) in [5.74, 6) is 0. The molecule has 0 spiro atoms. The van der Waals surface area contributed by atoms with Crippen LogP contribution < -0.4 is 4.99 Å². The van der Waals surface area contributed by atoms with Gasteiger partial charge in [-0.3, -0.25) is 0 Å². The average molecular weight is 137 g/mol. The molecule has 0 fully saturated rings. The molecule has 0 saturated carbocycles. The van der Waals surface area contributed by atoms with Crippen LogP contribution in [0.5, 0.6) is 0 Å². The van der Waals surface area contributed by atoms with Crippen molar-refractivity contribution in [1.82, 2.24) is 4.99 Å². The molecule has 1 nitrogen and oxygen atoms in total. The van der Waals surface area contributed by atoms with Crippen LogP contribution >= 0.6 is 11.8 Å². The highest BCUT2D eigenvalue weighted by Crippen LogP contribution is 2.28. The zero-order chi connectivity index (χ0) is 6.10. The van der Waals surface area contributed by atoms with Crippen LogP contribution in [0.1, 0.15) is 12.8 Å². The molecular weight excluding hydrogens is 130 g/mol. The van der Waals surface area contributed by atoms with E-state index in [0.29, 0.717) is 0 Å². The number of thioether (sulfide) groups is 1. The highest BCUT2D eigenvalue weighted by Gasteiger charge is 2.22. The summed E-state index contributed by atoms with van der Waals surface area (Å²) in [6.07, 6.45) is 6.67.